The molecule has 0 radical (unpaired) electrons. The summed E-state index contributed by atoms with van der Waals surface area (Å²) in [7, 11) is 0. The summed E-state index contributed by atoms with van der Waals surface area (Å²) in [6.07, 6.45) is 0.889. The lowest BCUT2D eigenvalue weighted by Gasteiger charge is -2.29. The number of benzene rings is 2. The van der Waals surface area contributed by atoms with E-state index in [0.717, 1.165) is 16.5 Å². The highest BCUT2D eigenvalue weighted by molar-refractivity contribution is 6.04. The Balaban J connectivity index is 1.91. The van der Waals surface area contributed by atoms with Crippen LogP contribution in [-0.4, -0.2) is 19.1 Å². The van der Waals surface area contributed by atoms with Crippen LogP contribution >= 0.6 is 0 Å². The van der Waals surface area contributed by atoms with Gasteiger partial charge in [-0.1, -0.05) is 36.4 Å². The number of nitriles is 1. The molecular weight excluding hydrogens is 264 g/mol. The fourth-order valence-corrected chi connectivity index (χ4v) is 2.69. The number of carbonyl (C=O) groups excluding carboxylic acids is 1. The van der Waals surface area contributed by atoms with Crippen molar-refractivity contribution in [2.24, 2.45) is 5.41 Å². The Labute approximate surface area is 123 Å². The zero-order valence-corrected chi connectivity index (χ0v) is 11.6. The predicted molar refractivity (Wildman–Crippen MR) is 80.7 cm³/mol. The number of nitrogens with zero attached hydrogens (tertiary/aromatic N) is 1. The highest BCUT2D eigenvalue weighted by Crippen LogP contribution is 2.32. The third-order valence-corrected chi connectivity index (χ3v) is 4.03. The van der Waals surface area contributed by atoms with Gasteiger partial charge in [0, 0.05) is 24.3 Å². The third-order valence-electron chi connectivity index (χ3n) is 4.03. The molecule has 1 fully saturated rings. The van der Waals surface area contributed by atoms with Crippen LogP contribution in [0.15, 0.2) is 42.5 Å². The van der Waals surface area contributed by atoms with Crippen molar-refractivity contribution in [3.8, 4) is 6.07 Å². The molecule has 4 nitrogen and oxygen atoms in total. The Bertz CT molecular complexity index is 707. The summed E-state index contributed by atoms with van der Waals surface area (Å²) in [5.74, 6) is -0.232. The van der Waals surface area contributed by atoms with Crippen LogP contribution in [0.4, 0.5) is 5.69 Å². The van der Waals surface area contributed by atoms with Gasteiger partial charge in [0.2, 0.25) is 5.91 Å². The molecule has 1 saturated heterocycles. The minimum Gasteiger partial charge on any atom is -0.381 e. The molecule has 106 valence electrons. The van der Waals surface area contributed by atoms with Crippen molar-refractivity contribution in [1.82, 2.24) is 0 Å². The first-order valence-electron chi connectivity index (χ1n) is 7.03. The number of ether oxygens (including phenoxy) is 1. The van der Waals surface area contributed by atoms with Crippen molar-refractivity contribution < 1.29 is 9.53 Å². The number of anilines is 1. The van der Waals surface area contributed by atoms with Gasteiger partial charge in [-0.2, -0.15) is 5.26 Å². The highest BCUT2D eigenvalue weighted by atomic mass is 16.5. The lowest BCUT2D eigenvalue weighted by Crippen LogP contribution is -2.39. The van der Waals surface area contributed by atoms with Gasteiger partial charge >= 0.3 is 0 Å². The van der Waals surface area contributed by atoms with Crippen molar-refractivity contribution in [2.75, 3.05) is 18.5 Å². The summed E-state index contributed by atoms with van der Waals surface area (Å²) in [4.78, 5) is 12.6. The molecule has 2 aromatic carbocycles. The molecule has 21 heavy (non-hydrogen) atoms. The second-order valence-corrected chi connectivity index (χ2v) is 5.29. The monoisotopic (exact) mass is 280 g/mol. The molecular formula is C17H16N2O2. The second kappa shape index (κ2) is 5.55. The number of rotatable bonds is 2. The lowest BCUT2D eigenvalue weighted by molar-refractivity contribution is -0.126. The average molecular weight is 280 g/mol. The summed E-state index contributed by atoms with van der Waals surface area (Å²) in [6.45, 7) is 0.910. The largest absolute Gasteiger partial charge is 0.381 e. The van der Waals surface area contributed by atoms with Crippen molar-refractivity contribution in [3.05, 3.63) is 42.5 Å². The van der Waals surface area contributed by atoms with Crippen molar-refractivity contribution in [1.29, 1.82) is 5.26 Å². The maximum Gasteiger partial charge on any atom is 0.245 e. The minimum absolute atomic E-state index is 0.232. The molecule has 1 aliphatic rings. The smallest absolute Gasteiger partial charge is 0.245 e. The number of nitrogens with one attached hydrogen (secondary N) is 1. The SMILES string of the molecule is N#CC1(C(=O)Nc2cccc3ccccc23)CCOCC1. The van der Waals surface area contributed by atoms with Gasteiger partial charge in [0.25, 0.3) is 0 Å². The number of amides is 1. The first kappa shape index (κ1) is 13.6. The van der Waals surface area contributed by atoms with E-state index in [9.17, 15) is 10.1 Å². The van der Waals surface area contributed by atoms with E-state index in [1.54, 1.807) is 0 Å². The van der Waals surface area contributed by atoms with E-state index in [2.05, 4.69) is 11.4 Å². The fraction of sp³-hybridized carbons (Fsp3) is 0.294. The Kier molecular flexibility index (Phi) is 3.59. The van der Waals surface area contributed by atoms with Crippen molar-refractivity contribution in [2.45, 2.75) is 12.8 Å². The van der Waals surface area contributed by atoms with E-state index < -0.39 is 5.41 Å². The Hall–Kier alpha value is -2.38. The van der Waals surface area contributed by atoms with Crippen molar-refractivity contribution in [3.63, 3.8) is 0 Å². The molecule has 0 spiro atoms. The van der Waals surface area contributed by atoms with Crippen LogP contribution in [-0.2, 0) is 9.53 Å². The van der Waals surface area contributed by atoms with Crippen LogP contribution in [0.5, 0.6) is 0 Å². The van der Waals surface area contributed by atoms with Gasteiger partial charge in [-0.25, -0.2) is 0 Å². The maximum atomic E-state index is 12.6. The molecule has 0 aliphatic carbocycles. The molecule has 0 bridgehead atoms. The van der Waals surface area contributed by atoms with Crippen LogP contribution in [0.1, 0.15) is 12.8 Å². The standard InChI is InChI=1S/C17H16N2O2/c18-12-17(8-10-21-11-9-17)16(20)19-15-7-3-5-13-4-1-2-6-14(13)15/h1-7H,8-11H2,(H,19,20). The van der Waals surface area contributed by atoms with Gasteiger partial charge in [-0.3, -0.25) is 4.79 Å². The summed E-state index contributed by atoms with van der Waals surface area (Å²) in [6, 6.07) is 15.8. The normalized spacial score (nSPS) is 17.1. The Morgan fingerprint density at radius 3 is 2.62 bits per heavy atom. The second-order valence-electron chi connectivity index (χ2n) is 5.29. The van der Waals surface area contributed by atoms with Gasteiger partial charge in [-0.15, -0.1) is 0 Å². The number of carbonyl (C=O) groups is 1. The van der Waals surface area contributed by atoms with Gasteiger partial charge in [0.1, 0.15) is 5.41 Å². The molecule has 0 saturated carbocycles. The quantitative estimate of drug-likeness (QED) is 0.919. The van der Waals surface area contributed by atoms with E-state index >= 15 is 0 Å². The highest BCUT2D eigenvalue weighted by Gasteiger charge is 2.40. The number of hydrogen-bond donors (Lipinski definition) is 1. The van der Waals surface area contributed by atoms with Crippen LogP contribution < -0.4 is 5.32 Å². The molecule has 1 amide bonds. The lowest BCUT2D eigenvalue weighted by atomic mass is 9.81. The average Bonchev–Trinajstić information content (AvgIpc) is 2.56. The van der Waals surface area contributed by atoms with Gasteiger partial charge in [0.05, 0.1) is 6.07 Å². The molecule has 3 rings (SSSR count). The summed E-state index contributed by atoms with van der Waals surface area (Å²) >= 11 is 0. The first-order chi connectivity index (χ1) is 10.2. The maximum absolute atomic E-state index is 12.6. The first-order valence-corrected chi connectivity index (χ1v) is 7.03. The van der Waals surface area contributed by atoms with E-state index in [-0.39, 0.29) is 5.91 Å². The topological polar surface area (TPSA) is 62.1 Å². The summed E-state index contributed by atoms with van der Waals surface area (Å²) in [5, 5.41) is 14.4. The number of hydrogen-bond acceptors (Lipinski definition) is 3. The van der Waals surface area contributed by atoms with Crippen LogP contribution in [0.3, 0.4) is 0 Å². The molecule has 0 atom stereocenters. The molecule has 1 heterocycles. The zero-order chi connectivity index (χ0) is 14.7. The molecule has 1 aliphatic heterocycles. The van der Waals surface area contributed by atoms with Gasteiger partial charge in [0.15, 0.2) is 0 Å². The van der Waals surface area contributed by atoms with Crippen LogP contribution in [0, 0.1) is 16.7 Å². The number of fused-ring (bicyclic) bond motifs is 1. The summed E-state index contributed by atoms with van der Waals surface area (Å²) in [5.41, 5.74) is -0.228. The van der Waals surface area contributed by atoms with E-state index in [1.165, 1.54) is 0 Å². The molecule has 0 aromatic heterocycles. The minimum atomic E-state index is -0.977. The van der Waals surface area contributed by atoms with Gasteiger partial charge in [-0.05, 0) is 24.3 Å². The Morgan fingerprint density at radius 2 is 1.86 bits per heavy atom. The van der Waals surface area contributed by atoms with Crippen LogP contribution in [0.2, 0.25) is 0 Å². The van der Waals surface area contributed by atoms with Crippen molar-refractivity contribution >= 4 is 22.4 Å². The third kappa shape index (κ3) is 2.48. The fourth-order valence-electron chi connectivity index (χ4n) is 2.69. The molecule has 2 aromatic rings. The van der Waals surface area contributed by atoms with Gasteiger partial charge < -0.3 is 10.1 Å². The van der Waals surface area contributed by atoms with E-state index in [0.29, 0.717) is 26.1 Å². The molecule has 4 heteroatoms. The van der Waals surface area contributed by atoms with E-state index in [1.807, 2.05) is 42.5 Å². The molecule has 0 unspecified atom stereocenters. The Morgan fingerprint density at radius 1 is 1.14 bits per heavy atom. The summed E-state index contributed by atoms with van der Waals surface area (Å²) < 4.78 is 5.27. The zero-order valence-electron chi connectivity index (χ0n) is 11.6. The van der Waals surface area contributed by atoms with E-state index in [4.69, 9.17) is 4.74 Å². The van der Waals surface area contributed by atoms with Crippen LogP contribution in [0.25, 0.3) is 10.8 Å². The molecule has 1 N–H and O–H groups in total. The predicted octanol–water partition coefficient (Wildman–Crippen LogP) is 3.10.